The van der Waals surface area contributed by atoms with Crippen molar-refractivity contribution < 1.29 is 4.39 Å². The molecule has 0 fully saturated rings. The van der Waals surface area contributed by atoms with Gasteiger partial charge in [0.2, 0.25) is 0 Å². The SMILES string of the molecule is CC(C)NCc1ccc(N2CCn3cnnc3C2)c(F)c1. The molecule has 112 valence electrons. The zero-order chi connectivity index (χ0) is 14.8. The molecule has 1 aromatic carbocycles. The van der Waals surface area contributed by atoms with Crippen LogP contribution in [0.4, 0.5) is 10.1 Å². The number of nitrogens with zero attached hydrogens (tertiary/aromatic N) is 4. The third-order valence-electron chi connectivity index (χ3n) is 3.71. The number of hydrogen-bond donors (Lipinski definition) is 1. The molecule has 21 heavy (non-hydrogen) atoms. The highest BCUT2D eigenvalue weighted by Gasteiger charge is 2.20. The quantitative estimate of drug-likeness (QED) is 0.934. The number of anilines is 1. The molecule has 0 spiro atoms. The van der Waals surface area contributed by atoms with Crippen LogP contribution < -0.4 is 10.2 Å². The van der Waals surface area contributed by atoms with Gasteiger partial charge in [0.1, 0.15) is 12.1 Å². The summed E-state index contributed by atoms with van der Waals surface area (Å²) in [4.78, 5) is 2.01. The normalized spacial score (nSPS) is 14.6. The number of nitrogens with one attached hydrogen (secondary N) is 1. The number of benzene rings is 1. The largest absolute Gasteiger partial charge is 0.360 e. The third kappa shape index (κ3) is 3.05. The molecule has 0 saturated carbocycles. The van der Waals surface area contributed by atoms with Gasteiger partial charge in [-0.3, -0.25) is 0 Å². The summed E-state index contributed by atoms with van der Waals surface area (Å²) < 4.78 is 16.4. The van der Waals surface area contributed by atoms with E-state index in [4.69, 9.17) is 0 Å². The Labute approximate surface area is 123 Å². The first-order chi connectivity index (χ1) is 10.1. The summed E-state index contributed by atoms with van der Waals surface area (Å²) in [7, 11) is 0. The summed E-state index contributed by atoms with van der Waals surface area (Å²) in [6.45, 7) is 7.00. The minimum Gasteiger partial charge on any atom is -0.360 e. The Bertz CT molecular complexity index is 622. The lowest BCUT2D eigenvalue weighted by Crippen LogP contribution is -2.34. The maximum Gasteiger partial charge on any atom is 0.152 e. The van der Waals surface area contributed by atoms with E-state index in [2.05, 4.69) is 29.4 Å². The van der Waals surface area contributed by atoms with Crippen molar-refractivity contribution in [2.75, 3.05) is 11.4 Å². The highest BCUT2D eigenvalue weighted by Crippen LogP contribution is 2.24. The second-order valence-electron chi connectivity index (χ2n) is 5.68. The number of aromatic nitrogens is 3. The summed E-state index contributed by atoms with van der Waals surface area (Å²) in [6.07, 6.45) is 1.73. The van der Waals surface area contributed by atoms with E-state index in [1.165, 1.54) is 0 Å². The van der Waals surface area contributed by atoms with Crippen LogP contribution in [0, 0.1) is 5.82 Å². The Balaban J connectivity index is 1.74. The zero-order valence-electron chi connectivity index (χ0n) is 12.4. The minimum absolute atomic E-state index is 0.175. The molecule has 1 N–H and O–H groups in total. The highest BCUT2D eigenvalue weighted by atomic mass is 19.1. The molecule has 0 saturated heterocycles. The van der Waals surface area contributed by atoms with Crippen molar-refractivity contribution >= 4 is 5.69 Å². The smallest absolute Gasteiger partial charge is 0.152 e. The summed E-state index contributed by atoms with van der Waals surface area (Å²) >= 11 is 0. The monoisotopic (exact) mass is 289 g/mol. The molecule has 0 unspecified atom stereocenters. The average Bonchev–Trinajstić information content (AvgIpc) is 2.92. The van der Waals surface area contributed by atoms with Crippen LogP contribution in [0.15, 0.2) is 24.5 Å². The van der Waals surface area contributed by atoms with Crippen LogP contribution in [0.1, 0.15) is 25.2 Å². The van der Waals surface area contributed by atoms with Gasteiger partial charge in [-0.2, -0.15) is 0 Å². The van der Waals surface area contributed by atoms with Crippen molar-refractivity contribution in [3.8, 4) is 0 Å². The van der Waals surface area contributed by atoms with Gasteiger partial charge in [0.15, 0.2) is 5.82 Å². The lowest BCUT2D eigenvalue weighted by Gasteiger charge is -2.29. The first kappa shape index (κ1) is 14.0. The molecule has 0 aliphatic carbocycles. The van der Waals surface area contributed by atoms with Crippen LogP contribution in [0.25, 0.3) is 0 Å². The van der Waals surface area contributed by atoms with E-state index in [1.807, 2.05) is 21.6 Å². The zero-order valence-corrected chi connectivity index (χ0v) is 12.4. The van der Waals surface area contributed by atoms with E-state index >= 15 is 0 Å². The van der Waals surface area contributed by atoms with Gasteiger partial charge in [-0.15, -0.1) is 10.2 Å². The fourth-order valence-electron chi connectivity index (χ4n) is 2.51. The van der Waals surface area contributed by atoms with Gasteiger partial charge in [-0.25, -0.2) is 4.39 Å². The Hall–Kier alpha value is -1.95. The lowest BCUT2D eigenvalue weighted by molar-refractivity contribution is 0.542. The van der Waals surface area contributed by atoms with Crippen molar-refractivity contribution in [2.24, 2.45) is 0 Å². The first-order valence-electron chi connectivity index (χ1n) is 7.27. The molecule has 2 heterocycles. The molecule has 1 aliphatic heterocycles. The van der Waals surface area contributed by atoms with E-state index < -0.39 is 0 Å². The van der Waals surface area contributed by atoms with Crippen LogP contribution in [-0.2, 0) is 19.6 Å². The van der Waals surface area contributed by atoms with Crippen molar-refractivity contribution in [1.29, 1.82) is 0 Å². The van der Waals surface area contributed by atoms with Crippen molar-refractivity contribution in [3.05, 3.63) is 41.7 Å². The molecule has 1 aromatic heterocycles. The molecule has 3 rings (SSSR count). The van der Waals surface area contributed by atoms with Gasteiger partial charge in [0.25, 0.3) is 0 Å². The maximum atomic E-state index is 14.3. The Morgan fingerprint density at radius 3 is 2.95 bits per heavy atom. The Morgan fingerprint density at radius 1 is 1.33 bits per heavy atom. The van der Waals surface area contributed by atoms with Crippen molar-refractivity contribution in [2.45, 2.75) is 39.5 Å². The molecule has 2 aromatic rings. The minimum atomic E-state index is -0.175. The Morgan fingerprint density at radius 2 is 2.19 bits per heavy atom. The molecular formula is C15H20FN5. The van der Waals surface area contributed by atoms with E-state index in [0.29, 0.717) is 24.8 Å². The van der Waals surface area contributed by atoms with Crippen molar-refractivity contribution in [1.82, 2.24) is 20.1 Å². The maximum absolute atomic E-state index is 14.3. The fraction of sp³-hybridized carbons (Fsp3) is 0.467. The molecule has 0 atom stereocenters. The second kappa shape index (κ2) is 5.81. The molecule has 5 nitrogen and oxygen atoms in total. The standard InChI is InChI=1S/C15H20FN5/c1-11(2)17-8-12-3-4-14(13(16)7-12)20-5-6-21-10-18-19-15(21)9-20/h3-4,7,10-11,17H,5-6,8-9H2,1-2H3. The molecule has 6 heteroatoms. The van der Waals surface area contributed by atoms with Gasteiger partial charge in [-0.1, -0.05) is 19.9 Å². The van der Waals surface area contributed by atoms with Gasteiger partial charge >= 0.3 is 0 Å². The molecule has 1 aliphatic rings. The van der Waals surface area contributed by atoms with Crippen LogP contribution >= 0.6 is 0 Å². The molecule has 0 radical (unpaired) electrons. The first-order valence-corrected chi connectivity index (χ1v) is 7.27. The Kier molecular flexibility index (Phi) is 3.88. The van der Waals surface area contributed by atoms with Gasteiger partial charge in [-0.05, 0) is 17.7 Å². The average molecular weight is 289 g/mol. The van der Waals surface area contributed by atoms with Crippen LogP contribution in [0.3, 0.4) is 0 Å². The number of hydrogen-bond acceptors (Lipinski definition) is 4. The third-order valence-corrected chi connectivity index (χ3v) is 3.71. The molecular weight excluding hydrogens is 269 g/mol. The van der Waals surface area contributed by atoms with Crippen LogP contribution in [0.5, 0.6) is 0 Å². The number of fused-ring (bicyclic) bond motifs is 1. The number of rotatable bonds is 4. The topological polar surface area (TPSA) is 46.0 Å². The predicted octanol–water partition coefficient (Wildman–Crippen LogP) is 1.94. The second-order valence-corrected chi connectivity index (χ2v) is 5.68. The molecule has 0 bridgehead atoms. The lowest BCUT2D eigenvalue weighted by atomic mass is 10.1. The van der Waals surface area contributed by atoms with Crippen LogP contribution in [-0.4, -0.2) is 27.4 Å². The van der Waals surface area contributed by atoms with E-state index in [1.54, 1.807) is 12.4 Å². The van der Waals surface area contributed by atoms with Crippen LogP contribution in [0.2, 0.25) is 0 Å². The fourth-order valence-corrected chi connectivity index (χ4v) is 2.51. The van der Waals surface area contributed by atoms with E-state index in [-0.39, 0.29) is 5.82 Å². The van der Waals surface area contributed by atoms with Gasteiger partial charge in [0, 0.05) is 25.7 Å². The summed E-state index contributed by atoms with van der Waals surface area (Å²) in [6, 6.07) is 5.84. The summed E-state index contributed by atoms with van der Waals surface area (Å²) in [5.41, 5.74) is 1.60. The van der Waals surface area contributed by atoms with E-state index in [9.17, 15) is 4.39 Å². The van der Waals surface area contributed by atoms with Crippen molar-refractivity contribution in [3.63, 3.8) is 0 Å². The summed E-state index contributed by atoms with van der Waals surface area (Å²) in [5.74, 6) is 0.706. The number of halogens is 1. The van der Waals surface area contributed by atoms with Gasteiger partial charge in [0.05, 0.1) is 12.2 Å². The molecule has 0 amide bonds. The summed E-state index contributed by atoms with van der Waals surface area (Å²) in [5, 5.41) is 11.3. The van der Waals surface area contributed by atoms with E-state index in [0.717, 1.165) is 24.5 Å². The highest BCUT2D eigenvalue weighted by molar-refractivity contribution is 5.49. The predicted molar refractivity (Wildman–Crippen MR) is 79.4 cm³/mol. The van der Waals surface area contributed by atoms with Gasteiger partial charge < -0.3 is 14.8 Å².